The Morgan fingerprint density at radius 1 is 1.20 bits per heavy atom. The second kappa shape index (κ2) is 5.60. The molecule has 0 unspecified atom stereocenters. The first kappa shape index (κ1) is 14.5. The standard InChI is InChI=1S/C13H19N3O4/c1-8(2)14-10(17)7-15-11(18)12(19)16(13(15)20)9-5-3-4-6-9/h8-9H,3-7H2,1-2H3,(H,14,17). The minimum atomic E-state index is -0.902. The van der Waals surface area contributed by atoms with Gasteiger partial charge in [0.2, 0.25) is 5.91 Å². The third-order valence-electron chi connectivity index (χ3n) is 3.53. The number of hydrogen-bond acceptors (Lipinski definition) is 4. The number of imide groups is 2. The highest BCUT2D eigenvalue weighted by Crippen LogP contribution is 2.27. The van der Waals surface area contributed by atoms with Gasteiger partial charge in [-0.25, -0.2) is 9.69 Å². The number of urea groups is 1. The van der Waals surface area contributed by atoms with Crippen LogP contribution >= 0.6 is 0 Å². The first-order valence-corrected chi connectivity index (χ1v) is 6.90. The lowest BCUT2D eigenvalue weighted by Crippen LogP contribution is -2.44. The van der Waals surface area contributed by atoms with Crippen molar-refractivity contribution in [3.63, 3.8) is 0 Å². The lowest BCUT2D eigenvalue weighted by atomic mass is 10.2. The van der Waals surface area contributed by atoms with Crippen molar-refractivity contribution in [3.05, 3.63) is 0 Å². The largest absolute Gasteiger partial charge is 0.352 e. The summed E-state index contributed by atoms with van der Waals surface area (Å²) in [5.74, 6) is -2.15. The molecule has 7 nitrogen and oxygen atoms in total. The van der Waals surface area contributed by atoms with Crippen LogP contribution in [0.1, 0.15) is 39.5 Å². The minimum Gasteiger partial charge on any atom is -0.352 e. The molecule has 7 heteroatoms. The number of carbonyl (C=O) groups excluding carboxylic acids is 4. The number of rotatable bonds is 4. The van der Waals surface area contributed by atoms with E-state index in [0.29, 0.717) is 0 Å². The van der Waals surface area contributed by atoms with Crippen LogP contribution in [0.3, 0.4) is 0 Å². The van der Waals surface area contributed by atoms with E-state index in [1.54, 1.807) is 13.8 Å². The zero-order chi connectivity index (χ0) is 14.9. The Balaban J connectivity index is 2.07. The van der Waals surface area contributed by atoms with Crippen molar-refractivity contribution in [2.45, 2.75) is 51.6 Å². The molecule has 1 heterocycles. The molecule has 110 valence electrons. The Kier molecular flexibility index (Phi) is 4.06. The average molecular weight is 281 g/mol. The molecule has 0 aromatic heterocycles. The van der Waals surface area contributed by atoms with Gasteiger partial charge in [-0.1, -0.05) is 12.8 Å². The summed E-state index contributed by atoms with van der Waals surface area (Å²) in [6.45, 7) is 3.16. The van der Waals surface area contributed by atoms with E-state index in [4.69, 9.17) is 0 Å². The lowest BCUT2D eigenvalue weighted by Gasteiger charge is -2.21. The molecule has 0 radical (unpaired) electrons. The fraction of sp³-hybridized carbons (Fsp3) is 0.692. The molecule has 2 rings (SSSR count). The van der Waals surface area contributed by atoms with Crippen LogP contribution in [0.5, 0.6) is 0 Å². The van der Waals surface area contributed by atoms with Gasteiger partial charge in [0.25, 0.3) is 0 Å². The van der Waals surface area contributed by atoms with Gasteiger partial charge in [0.15, 0.2) is 0 Å². The van der Waals surface area contributed by atoms with Gasteiger partial charge in [-0.3, -0.25) is 19.3 Å². The van der Waals surface area contributed by atoms with Gasteiger partial charge in [-0.2, -0.15) is 0 Å². The zero-order valence-corrected chi connectivity index (χ0v) is 11.7. The highest BCUT2D eigenvalue weighted by molar-refractivity contribution is 6.45. The Morgan fingerprint density at radius 3 is 2.35 bits per heavy atom. The number of nitrogens with zero attached hydrogens (tertiary/aromatic N) is 2. The molecule has 5 amide bonds. The molecule has 1 saturated carbocycles. The van der Waals surface area contributed by atoms with E-state index in [0.717, 1.165) is 35.5 Å². The Bertz CT molecular complexity index is 455. The lowest BCUT2D eigenvalue weighted by molar-refractivity contribution is -0.144. The third-order valence-corrected chi connectivity index (χ3v) is 3.53. The van der Waals surface area contributed by atoms with E-state index in [1.807, 2.05) is 0 Å². The molecule has 0 aromatic rings. The summed E-state index contributed by atoms with van der Waals surface area (Å²) in [5.41, 5.74) is 0. The van der Waals surface area contributed by atoms with Crippen molar-refractivity contribution in [3.8, 4) is 0 Å². The van der Waals surface area contributed by atoms with E-state index in [2.05, 4.69) is 5.32 Å². The highest BCUT2D eigenvalue weighted by Gasteiger charge is 2.48. The number of carbonyl (C=O) groups is 4. The smallest absolute Gasteiger partial charge is 0.334 e. The van der Waals surface area contributed by atoms with Gasteiger partial charge in [0.1, 0.15) is 6.54 Å². The van der Waals surface area contributed by atoms with Crippen LogP contribution in [0.4, 0.5) is 4.79 Å². The maximum absolute atomic E-state index is 12.2. The molecule has 1 aliphatic carbocycles. The first-order chi connectivity index (χ1) is 9.41. The van der Waals surface area contributed by atoms with Crippen molar-refractivity contribution < 1.29 is 19.2 Å². The van der Waals surface area contributed by atoms with Crippen molar-refractivity contribution in [1.82, 2.24) is 15.1 Å². The van der Waals surface area contributed by atoms with Gasteiger partial charge in [0, 0.05) is 12.1 Å². The second-order valence-corrected chi connectivity index (χ2v) is 5.51. The summed E-state index contributed by atoms with van der Waals surface area (Å²) in [5, 5.41) is 2.60. The van der Waals surface area contributed by atoms with Gasteiger partial charge in [-0.15, -0.1) is 0 Å². The van der Waals surface area contributed by atoms with Crippen LogP contribution in [-0.2, 0) is 14.4 Å². The van der Waals surface area contributed by atoms with Crippen molar-refractivity contribution in [2.24, 2.45) is 0 Å². The SMILES string of the molecule is CC(C)NC(=O)CN1C(=O)C(=O)N(C2CCCC2)C1=O. The second-order valence-electron chi connectivity index (χ2n) is 5.51. The van der Waals surface area contributed by atoms with Crippen LogP contribution < -0.4 is 5.32 Å². The summed E-state index contributed by atoms with van der Waals surface area (Å²) in [6, 6.07) is -0.945. The average Bonchev–Trinajstić information content (AvgIpc) is 2.93. The number of hydrogen-bond donors (Lipinski definition) is 1. The Labute approximate surface area is 117 Å². The molecule has 0 bridgehead atoms. The molecular weight excluding hydrogens is 262 g/mol. The van der Waals surface area contributed by atoms with Crippen LogP contribution in [0, 0.1) is 0 Å². The van der Waals surface area contributed by atoms with Crippen LogP contribution in [-0.4, -0.2) is 52.2 Å². The molecule has 0 spiro atoms. The van der Waals surface area contributed by atoms with Crippen LogP contribution in [0.2, 0.25) is 0 Å². The van der Waals surface area contributed by atoms with E-state index in [1.165, 1.54) is 0 Å². The van der Waals surface area contributed by atoms with Gasteiger partial charge in [0.05, 0.1) is 0 Å². The number of nitrogens with one attached hydrogen (secondary N) is 1. The van der Waals surface area contributed by atoms with Crippen LogP contribution in [0.15, 0.2) is 0 Å². The fourth-order valence-corrected chi connectivity index (χ4v) is 2.66. The zero-order valence-electron chi connectivity index (χ0n) is 11.7. The molecule has 2 aliphatic rings. The van der Waals surface area contributed by atoms with Gasteiger partial charge < -0.3 is 5.32 Å². The summed E-state index contributed by atoms with van der Waals surface area (Å²) in [7, 11) is 0. The molecule has 0 aromatic carbocycles. The normalized spacial score (nSPS) is 20.4. The summed E-state index contributed by atoms with van der Waals surface area (Å²) in [4.78, 5) is 49.3. The molecule has 20 heavy (non-hydrogen) atoms. The van der Waals surface area contributed by atoms with Crippen LogP contribution in [0.25, 0.3) is 0 Å². The minimum absolute atomic E-state index is 0.0862. The quantitative estimate of drug-likeness (QED) is 0.591. The maximum Gasteiger partial charge on any atom is 0.334 e. The van der Waals surface area contributed by atoms with Gasteiger partial charge in [-0.05, 0) is 26.7 Å². The van der Waals surface area contributed by atoms with E-state index >= 15 is 0 Å². The van der Waals surface area contributed by atoms with Gasteiger partial charge >= 0.3 is 17.8 Å². The molecule has 1 saturated heterocycles. The topological polar surface area (TPSA) is 86.8 Å². The van der Waals surface area contributed by atoms with E-state index in [9.17, 15) is 19.2 Å². The molecular formula is C13H19N3O4. The van der Waals surface area contributed by atoms with Crippen molar-refractivity contribution >= 4 is 23.8 Å². The van der Waals surface area contributed by atoms with E-state index < -0.39 is 30.3 Å². The molecule has 0 atom stereocenters. The Morgan fingerprint density at radius 2 is 1.80 bits per heavy atom. The predicted octanol–water partition coefficient (Wildman–Crippen LogP) is 0.244. The monoisotopic (exact) mass is 281 g/mol. The summed E-state index contributed by atoms with van der Waals surface area (Å²) < 4.78 is 0. The number of amides is 5. The molecule has 1 aliphatic heterocycles. The summed E-state index contributed by atoms with van der Waals surface area (Å²) >= 11 is 0. The van der Waals surface area contributed by atoms with Crippen molar-refractivity contribution in [2.75, 3.05) is 6.54 Å². The Hall–Kier alpha value is -1.92. The maximum atomic E-state index is 12.2. The molecule has 1 N–H and O–H groups in total. The van der Waals surface area contributed by atoms with E-state index in [-0.39, 0.29) is 12.1 Å². The predicted molar refractivity (Wildman–Crippen MR) is 69.5 cm³/mol. The summed E-state index contributed by atoms with van der Waals surface area (Å²) in [6.07, 6.45) is 3.36. The first-order valence-electron chi connectivity index (χ1n) is 6.90. The third kappa shape index (κ3) is 2.66. The fourth-order valence-electron chi connectivity index (χ4n) is 2.66. The highest BCUT2D eigenvalue weighted by atomic mass is 16.2. The molecule has 2 fully saturated rings. The van der Waals surface area contributed by atoms with Crippen molar-refractivity contribution in [1.29, 1.82) is 0 Å².